The molecule has 1 saturated heterocycles. The zero-order valence-electron chi connectivity index (χ0n) is 11.9. The van der Waals surface area contributed by atoms with E-state index >= 15 is 0 Å². The summed E-state index contributed by atoms with van der Waals surface area (Å²) in [6, 6.07) is 1.89. The number of benzene rings is 1. The number of nitrogens with zero attached hydrogens (tertiary/aromatic N) is 1. The van der Waals surface area contributed by atoms with Gasteiger partial charge in [-0.1, -0.05) is 6.92 Å². The third kappa shape index (κ3) is 3.89. The van der Waals surface area contributed by atoms with E-state index in [1.165, 1.54) is 4.90 Å². The van der Waals surface area contributed by atoms with Crippen molar-refractivity contribution in [3.63, 3.8) is 0 Å². The summed E-state index contributed by atoms with van der Waals surface area (Å²) in [4.78, 5) is 13.7. The lowest BCUT2D eigenvalue weighted by atomic mass is 9.90. The quantitative estimate of drug-likeness (QED) is 0.841. The Morgan fingerprint density at radius 1 is 1.36 bits per heavy atom. The predicted molar refractivity (Wildman–Crippen MR) is 76.3 cm³/mol. The molecule has 1 heterocycles. The molecule has 0 saturated carbocycles. The van der Waals surface area contributed by atoms with Gasteiger partial charge in [0.2, 0.25) is 0 Å². The highest BCUT2D eigenvalue weighted by Gasteiger charge is 2.36. The SMILES string of the molecule is CC1(CN)CCN(C(=O)c2cc(F)cc(C(F)(F)F)c2)C1.Cl. The standard InChI is InChI=1S/C14H16F4N2O.ClH/c1-13(7-19)2-3-20(8-13)12(21)9-4-10(14(16,17)18)6-11(15)5-9;/h4-6H,2-3,7-8,19H2,1H3;1H. The summed E-state index contributed by atoms with van der Waals surface area (Å²) in [7, 11) is 0. The number of carbonyl (C=O) groups excluding carboxylic acids is 1. The number of alkyl halides is 3. The third-order valence-electron chi connectivity index (χ3n) is 3.81. The fourth-order valence-electron chi connectivity index (χ4n) is 2.42. The Labute approximate surface area is 131 Å². The molecule has 124 valence electrons. The van der Waals surface area contributed by atoms with Crippen molar-refractivity contribution in [2.24, 2.45) is 11.1 Å². The van der Waals surface area contributed by atoms with Crippen molar-refractivity contribution in [1.29, 1.82) is 0 Å². The minimum absolute atomic E-state index is 0. The van der Waals surface area contributed by atoms with Crippen molar-refractivity contribution in [3.05, 3.63) is 35.1 Å². The molecule has 2 N–H and O–H groups in total. The van der Waals surface area contributed by atoms with Gasteiger partial charge in [0, 0.05) is 18.7 Å². The second-order valence-corrected chi connectivity index (χ2v) is 5.72. The van der Waals surface area contributed by atoms with Crippen LogP contribution in [0.25, 0.3) is 0 Å². The van der Waals surface area contributed by atoms with Crippen LogP contribution in [0.5, 0.6) is 0 Å². The zero-order chi connectivity index (χ0) is 15.8. The lowest BCUT2D eigenvalue weighted by Gasteiger charge is -2.22. The Kier molecular flexibility index (Phi) is 5.46. The molecule has 22 heavy (non-hydrogen) atoms. The van der Waals surface area contributed by atoms with Crippen LogP contribution in [0.15, 0.2) is 18.2 Å². The number of hydrogen-bond donors (Lipinski definition) is 1. The first-order chi connectivity index (χ1) is 9.64. The molecular weight excluding hydrogens is 324 g/mol. The van der Waals surface area contributed by atoms with Gasteiger partial charge in [-0.15, -0.1) is 12.4 Å². The Balaban J connectivity index is 0.00000242. The monoisotopic (exact) mass is 340 g/mol. The van der Waals surface area contributed by atoms with Gasteiger partial charge >= 0.3 is 6.18 Å². The van der Waals surface area contributed by atoms with Gasteiger partial charge in [0.25, 0.3) is 5.91 Å². The Hall–Kier alpha value is -1.34. The number of amides is 1. The van der Waals surface area contributed by atoms with Gasteiger partial charge in [-0.2, -0.15) is 13.2 Å². The van der Waals surface area contributed by atoms with Gasteiger partial charge in [0.1, 0.15) is 5.82 Å². The molecule has 0 bridgehead atoms. The molecule has 1 atom stereocenters. The van der Waals surface area contributed by atoms with Gasteiger partial charge in [-0.25, -0.2) is 4.39 Å². The zero-order valence-corrected chi connectivity index (χ0v) is 12.7. The molecule has 1 fully saturated rings. The number of nitrogens with two attached hydrogens (primary N) is 1. The Bertz CT molecular complexity index is 564. The van der Waals surface area contributed by atoms with Crippen LogP contribution in [0, 0.1) is 11.2 Å². The molecule has 1 amide bonds. The summed E-state index contributed by atoms with van der Waals surface area (Å²) in [6.45, 7) is 3.06. The Morgan fingerprint density at radius 2 is 2.00 bits per heavy atom. The molecule has 0 aromatic heterocycles. The largest absolute Gasteiger partial charge is 0.416 e. The van der Waals surface area contributed by atoms with Crippen LogP contribution in [0.2, 0.25) is 0 Å². The predicted octanol–water partition coefficient (Wildman–Crippen LogP) is 3.08. The highest BCUT2D eigenvalue weighted by molar-refractivity contribution is 5.94. The van der Waals surface area contributed by atoms with Crippen LogP contribution in [0.4, 0.5) is 17.6 Å². The lowest BCUT2D eigenvalue weighted by Crippen LogP contribution is -2.34. The van der Waals surface area contributed by atoms with Gasteiger partial charge in [-0.3, -0.25) is 4.79 Å². The number of hydrogen-bond acceptors (Lipinski definition) is 2. The van der Waals surface area contributed by atoms with Gasteiger partial charge in [-0.05, 0) is 36.6 Å². The normalized spacial score (nSPS) is 21.6. The van der Waals surface area contributed by atoms with E-state index in [0.29, 0.717) is 38.2 Å². The van der Waals surface area contributed by atoms with Crippen LogP contribution in [-0.2, 0) is 6.18 Å². The highest BCUT2D eigenvalue weighted by Crippen LogP contribution is 2.32. The van der Waals surface area contributed by atoms with Crippen molar-refractivity contribution in [2.75, 3.05) is 19.6 Å². The Morgan fingerprint density at radius 3 is 2.50 bits per heavy atom. The van der Waals surface area contributed by atoms with Gasteiger partial charge < -0.3 is 10.6 Å². The van der Waals surface area contributed by atoms with Crippen molar-refractivity contribution < 1.29 is 22.4 Å². The fraction of sp³-hybridized carbons (Fsp3) is 0.500. The fourth-order valence-corrected chi connectivity index (χ4v) is 2.42. The summed E-state index contributed by atoms with van der Waals surface area (Å²) in [5.41, 5.74) is 3.94. The molecule has 1 aliphatic rings. The van der Waals surface area contributed by atoms with Crippen LogP contribution in [-0.4, -0.2) is 30.4 Å². The van der Waals surface area contributed by atoms with Gasteiger partial charge in [0.15, 0.2) is 0 Å². The molecule has 8 heteroatoms. The molecule has 1 aliphatic heterocycles. The first-order valence-corrected chi connectivity index (χ1v) is 6.52. The molecule has 2 rings (SSSR count). The molecule has 1 aromatic carbocycles. The summed E-state index contributed by atoms with van der Waals surface area (Å²) in [5, 5.41) is 0. The minimum atomic E-state index is -4.69. The van der Waals surface area contributed by atoms with E-state index in [4.69, 9.17) is 5.73 Å². The highest BCUT2D eigenvalue weighted by atomic mass is 35.5. The van der Waals surface area contributed by atoms with Crippen LogP contribution in [0.3, 0.4) is 0 Å². The van der Waals surface area contributed by atoms with Crippen LogP contribution >= 0.6 is 12.4 Å². The molecule has 0 aliphatic carbocycles. The lowest BCUT2D eigenvalue weighted by molar-refractivity contribution is -0.137. The number of carbonyl (C=O) groups is 1. The number of rotatable bonds is 2. The summed E-state index contributed by atoms with van der Waals surface area (Å²) in [6.07, 6.45) is -4.01. The average molecular weight is 341 g/mol. The van der Waals surface area contributed by atoms with E-state index in [2.05, 4.69) is 0 Å². The summed E-state index contributed by atoms with van der Waals surface area (Å²) < 4.78 is 51.3. The topological polar surface area (TPSA) is 46.3 Å². The van der Waals surface area contributed by atoms with Crippen LogP contribution < -0.4 is 5.73 Å². The second kappa shape index (κ2) is 6.42. The van der Waals surface area contributed by atoms with E-state index in [0.717, 1.165) is 6.07 Å². The number of likely N-dealkylation sites (tertiary alicyclic amines) is 1. The van der Waals surface area contributed by atoms with E-state index in [9.17, 15) is 22.4 Å². The van der Waals surface area contributed by atoms with Crippen molar-refractivity contribution in [2.45, 2.75) is 19.5 Å². The second-order valence-electron chi connectivity index (χ2n) is 5.72. The molecule has 0 spiro atoms. The summed E-state index contributed by atoms with van der Waals surface area (Å²) >= 11 is 0. The first kappa shape index (κ1) is 18.7. The van der Waals surface area contributed by atoms with E-state index < -0.39 is 23.5 Å². The van der Waals surface area contributed by atoms with Crippen LogP contribution in [0.1, 0.15) is 29.3 Å². The maximum atomic E-state index is 13.3. The van der Waals surface area contributed by atoms with E-state index in [1.54, 1.807) is 0 Å². The average Bonchev–Trinajstić information content (AvgIpc) is 2.79. The molecule has 3 nitrogen and oxygen atoms in total. The van der Waals surface area contributed by atoms with E-state index in [1.807, 2.05) is 6.92 Å². The number of halogens is 5. The van der Waals surface area contributed by atoms with E-state index in [-0.39, 0.29) is 23.4 Å². The molecule has 0 radical (unpaired) electrons. The molecule has 1 aromatic rings. The van der Waals surface area contributed by atoms with Gasteiger partial charge in [0.05, 0.1) is 5.56 Å². The van der Waals surface area contributed by atoms with Crippen molar-refractivity contribution >= 4 is 18.3 Å². The molecular formula is C14H17ClF4N2O. The maximum Gasteiger partial charge on any atom is 0.416 e. The van der Waals surface area contributed by atoms with Crippen molar-refractivity contribution in [1.82, 2.24) is 4.90 Å². The van der Waals surface area contributed by atoms with Crippen molar-refractivity contribution in [3.8, 4) is 0 Å². The maximum absolute atomic E-state index is 13.3. The third-order valence-corrected chi connectivity index (χ3v) is 3.81. The first-order valence-electron chi connectivity index (χ1n) is 6.52. The summed E-state index contributed by atoms with van der Waals surface area (Å²) in [5.74, 6) is -1.67. The molecule has 1 unspecified atom stereocenters. The smallest absolute Gasteiger partial charge is 0.338 e. The minimum Gasteiger partial charge on any atom is -0.338 e.